The lowest BCUT2D eigenvalue weighted by Crippen LogP contribution is -2.21. The molecular formula is C20H19N3O3S. The van der Waals surface area contributed by atoms with Gasteiger partial charge in [-0.15, -0.1) is 11.3 Å². The Labute approximate surface area is 161 Å². The van der Waals surface area contributed by atoms with Crippen LogP contribution in [0.25, 0.3) is 10.6 Å². The Balaban J connectivity index is 1.49. The molecule has 0 unspecified atom stereocenters. The fourth-order valence-corrected chi connectivity index (χ4v) is 3.41. The van der Waals surface area contributed by atoms with Crippen LogP contribution in [0.2, 0.25) is 0 Å². The number of anilines is 1. The SMILES string of the molecule is Cc1cc(C)cc(NC(=O)COC(=O)Cc2csc(-c3cccnc3)n2)c1. The number of esters is 1. The number of rotatable bonds is 6. The largest absolute Gasteiger partial charge is 0.455 e. The fraction of sp³-hybridized carbons (Fsp3) is 0.200. The summed E-state index contributed by atoms with van der Waals surface area (Å²) in [6.07, 6.45) is 3.43. The summed E-state index contributed by atoms with van der Waals surface area (Å²) in [4.78, 5) is 32.4. The van der Waals surface area contributed by atoms with E-state index < -0.39 is 5.97 Å². The number of nitrogens with one attached hydrogen (secondary N) is 1. The molecule has 2 aromatic heterocycles. The number of ether oxygens (including phenoxy) is 1. The topological polar surface area (TPSA) is 81.2 Å². The van der Waals surface area contributed by atoms with Gasteiger partial charge in [0, 0.05) is 29.0 Å². The van der Waals surface area contributed by atoms with Crippen molar-refractivity contribution >= 4 is 28.9 Å². The van der Waals surface area contributed by atoms with E-state index in [9.17, 15) is 9.59 Å². The van der Waals surface area contributed by atoms with Crippen molar-refractivity contribution in [3.8, 4) is 10.6 Å². The number of nitrogens with zero attached hydrogens (tertiary/aromatic N) is 2. The minimum atomic E-state index is -0.492. The average molecular weight is 381 g/mol. The Kier molecular flexibility index (Phi) is 5.93. The zero-order valence-corrected chi connectivity index (χ0v) is 15.9. The highest BCUT2D eigenvalue weighted by Gasteiger charge is 2.12. The summed E-state index contributed by atoms with van der Waals surface area (Å²) in [6.45, 7) is 3.58. The van der Waals surface area contributed by atoms with E-state index in [0.29, 0.717) is 11.4 Å². The summed E-state index contributed by atoms with van der Waals surface area (Å²) in [5.41, 5.74) is 4.30. The molecule has 1 amide bonds. The second-order valence-electron chi connectivity index (χ2n) is 6.15. The number of carbonyl (C=O) groups is 2. The van der Waals surface area contributed by atoms with Gasteiger partial charge in [-0.1, -0.05) is 6.07 Å². The van der Waals surface area contributed by atoms with Crippen LogP contribution in [0.4, 0.5) is 5.69 Å². The number of pyridine rings is 1. The molecule has 0 aliphatic carbocycles. The highest BCUT2D eigenvalue weighted by molar-refractivity contribution is 7.13. The zero-order valence-electron chi connectivity index (χ0n) is 15.1. The van der Waals surface area contributed by atoms with Crippen LogP contribution >= 0.6 is 11.3 Å². The molecule has 3 aromatic rings. The van der Waals surface area contributed by atoms with Crippen molar-refractivity contribution in [1.82, 2.24) is 9.97 Å². The number of aryl methyl sites for hydroxylation is 2. The lowest BCUT2D eigenvalue weighted by atomic mass is 10.1. The first-order valence-electron chi connectivity index (χ1n) is 8.38. The van der Waals surface area contributed by atoms with Gasteiger partial charge in [-0.3, -0.25) is 14.6 Å². The van der Waals surface area contributed by atoms with Gasteiger partial charge in [0.25, 0.3) is 5.91 Å². The smallest absolute Gasteiger partial charge is 0.312 e. The molecule has 6 nitrogen and oxygen atoms in total. The van der Waals surface area contributed by atoms with E-state index in [1.54, 1.807) is 17.8 Å². The Morgan fingerprint density at radius 1 is 1.19 bits per heavy atom. The van der Waals surface area contributed by atoms with Crippen LogP contribution in [-0.2, 0) is 20.7 Å². The first kappa shape index (κ1) is 18.7. The van der Waals surface area contributed by atoms with Crippen molar-refractivity contribution < 1.29 is 14.3 Å². The molecule has 2 heterocycles. The van der Waals surface area contributed by atoms with Crippen LogP contribution in [0.15, 0.2) is 48.1 Å². The molecule has 0 fully saturated rings. The van der Waals surface area contributed by atoms with Gasteiger partial charge < -0.3 is 10.1 Å². The van der Waals surface area contributed by atoms with E-state index in [-0.39, 0.29) is 18.9 Å². The van der Waals surface area contributed by atoms with Gasteiger partial charge in [-0.05, 0) is 49.2 Å². The predicted octanol–water partition coefficient (Wildman–Crippen LogP) is 3.55. The number of carbonyl (C=O) groups excluding carboxylic acids is 2. The zero-order chi connectivity index (χ0) is 19.2. The molecule has 0 saturated heterocycles. The second-order valence-corrected chi connectivity index (χ2v) is 7.01. The molecule has 0 atom stereocenters. The van der Waals surface area contributed by atoms with Crippen LogP contribution in [0, 0.1) is 13.8 Å². The predicted molar refractivity (Wildman–Crippen MR) is 105 cm³/mol. The quantitative estimate of drug-likeness (QED) is 0.661. The third-order valence-corrected chi connectivity index (χ3v) is 4.60. The number of hydrogen-bond acceptors (Lipinski definition) is 6. The maximum atomic E-state index is 12.0. The molecule has 1 aromatic carbocycles. The molecule has 1 N–H and O–H groups in total. The summed E-state index contributed by atoms with van der Waals surface area (Å²) in [6, 6.07) is 9.48. The van der Waals surface area contributed by atoms with Crippen molar-refractivity contribution in [2.75, 3.05) is 11.9 Å². The fourth-order valence-electron chi connectivity index (χ4n) is 2.60. The van der Waals surface area contributed by atoms with Crippen molar-refractivity contribution in [2.24, 2.45) is 0 Å². The molecule has 0 spiro atoms. The second kappa shape index (κ2) is 8.55. The highest BCUT2D eigenvalue weighted by atomic mass is 32.1. The molecular weight excluding hydrogens is 362 g/mol. The Morgan fingerprint density at radius 2 is 1.96 bits per heavy atom. The molecule has 0 radical (unpaired) electrons. The summed E-state index contributed by atoms with van der Waals surface area (Å²) >= 11 is 1.44. The van der Waals surface area contributed by atoms with Crippen molar-refractivity contribution in [3.05, 3.63) is 64.9 Å². The average Bonchev–Trinajstić information content (AvgIpc) is 3.08. The minimum Gasteiger partial charge on any atom is -0.455 e. The molecule has 27 heavy (non-hydrogen) atoms. The van der Waals surface area contributed by atoms with Crippen LogP contribution in [0.5, 0.6) is 0 Å². The number of hydrogen-bond donors (Lipinski definition) is 1. The van der Waals surface area contributed by atoms with Gasteiger partial charge in [0.1, 0.15) is 5.01 Å². The number of thiazole rings is 1. The lowest BCUT2D eigenvalue weighted by molar-refractivity contribution is -0.146. The maximum absolute atomic E-state index is 12.0. The number of amides is 1. The molecule has 3 rings (SSSR count). The summed E-state index contributed by atoms with van der Waals surface area (Å²) in [5.74, 6) is -0.865. The maximum Gasteiger partial charge on any atom is 0.312 e. The van der Waals surface area contributed by atoms with Crippen molar-refractivity contribution in [2.45, 2.75) is 20.3 Å². The third kappa shape index (κ3) is 5.46. The molecule has 7 heteroatoms. The summed E-state index contributed by atoms with van der Waals surface area (Å²) in [5, 5.41) is 5.33. The van der Waals surface area contributed by atoms with E-state index in [2.05, 4.69) is 15.3 Å². The highest BCUT2D eigenvalue weighted by Crippen LogP contribution is 2.22. The van der Waals surface area contributed by atoms with E-state index >= 15 is 0 Å². The molecule has 0 bridgehead atoms. The van der Waals surface area contributed by atoms with E-state index in [4.69, 9.17) is 4.74 Å². The Hall–Kier alpha value is -3.06. The van der Waals surface area contributed by atoms with Crippen LogP contribution < -0.4 is 5.32 Å². The Morgan fingerprint density at radius 3 is 2.67 bits per heavy atom. The van der Waals surface area contributed by atoms with Crippen molar-refractivity contribution in [1.29, 1.82) is 0 Å². The van der Waals surface area contributed by atoms with Crippen LogP contribution in [0.3, 0.4) is 0 Å². The summed E-state index contributed by atoms with van der Waals surface area (Å²) < 4.78 is 5.06. The first-order valence-corrected chi connectivity index (χ1v) is 9.26. The van der Waals surface area contributed by atoms with Gasteiger partial charge in [0.2, 0.25) is 0 Å². The van der Waals surface area contributed by atoms with Gasteiger partial charge in [-0.2, -0.15) is 0 Å². The van der Waals surface area contributed by atoms with E-state index in [0.717, 1.165) is 21.7 Å². The first-order chi connectivity index (χ1) is 13.0. The van der Waals surface area contributed by atoms with Gasteiger partial charge >= 0.3 is 5.97 Å². The van der Waals surface area contributed by atoms with Crippen molar-refractivity contribution in [3.63, 3.8) is 0 Å². The summed E-state index contributed by atoms with van der Waals surface area (Å²) in [7, 11) is 0. The monoisotopic (exact) mass is 381 g/mol. The van der Waals surface area contributed by atoms with Crippen LogP contribution in [0.1, 0.15) is 16.8 Å². The molecule has 138 valence electrons. The minimum absolute atomic E-state index is 0.0214. The van der Waals surface area contributed by atoms with E-state index in [1.807, 2.05) is 44.2 Å². The molecule has 0 aliphatic heterocycles. The van der Waals surface area contributed by atoms with E-state index in [1.165, 1.54) is 11.3 Å². The lowest BCUT2D eigenvalue weighted by Gasteiger charge is -2.08. The third-order valence-electron chi connectivity index (χ3n) is 3.66. The molecule has 0 saturated carbocycles. The van der Waals surface area contributed by atoms with Crippen LogP contribution in [-0.4, -0.2) is 28.5 Å². The Bertz CT molecular complexity index is 934. The van der Waals surface area contributed by atoms with Gasteiger partial charge in [0.15, 0.2) is 6.61 Å². The molecule has 0 aliphatic rings. The number of aromatic nitrogens is 2. The van der Waals surface area contributed by atoms with Gasteiger partial charge in [-0.25, -0.2) is 4.98 Å². The van der Waals surface area contributed by atoms with Gasteiger partial charge in [0.05, 0.1) is 12.1 Å². The normalized spacial score (nSPS) is 10.4. The number of benzene rings is 1. The standard InChI is InChI=1S/C20H19N3O3S/c1-13-6-14(2)8-16(7-13)22-18(24)11-26-19(25)9-17-12-27-20(23-17)15-4-3-5-21-10-15/h3-8,10,12H,9,11H2,1-2H3,(H,22,24).